The molecule has 1 aromatic carbocycles. The molecule has 0 spiro atoms. The van der Waals surface area contributed by atoms with Crippen molar-refractivity contribution in [3.63, 3.8) is 0 Å². The van der Waals surface area contributed by atoms with E-state index in [1.807, 2.05) is 0 Å². The highest BCUT2D eigenvalue weighted by Gasteiger charge is 2.10. The van der Waals surface area contributed by atoms with Gasteiger partial charge in [-0.05, 0) is 18.3 Å². The molecule has 0 unspecified atom stereocenters. The summed E-state index contributed by atoms with van der Waals surface area (Å²) < 4.78 is 20.8. The van der Waals surface area contributed by atoms with Gasteiger partial charge in [-0.1, -0.05) is 16.8 Å². The second-order valence-corrected chi connectivity index (χ2v) is 5.14. The van der Waals surface area contributed by atoms with E-state index in [1.165, 1.54) is 12.1 Å². The number of aromatic nitrogens is 4. The Kier molecular flexibility index (Phi) is 3.31. The molecule has 20 heavy (non-hydrogen) atoms. The Balaban J connectivity index is 1.96. The van der Waals surface area contributed by atoms with Gasteiger partial charge < -0.3 is 14.1 Å². The van der Waals surface area contributed by atoms with Crippen LogP contribution in [0.2, 0.25) is 5.02 Å². The molecule has 0 saturated heterocycles. The van der Waals surface area contributed by atoms with E-state index in [2.05, 4.69) is 15.1 Å². The van der Waals surface area contributed by atoms with E-state index < -0.39 is 5.82 Å². The Morgan fingerprint density at radius 1 is 1.50 bits per heavy atom. The first-order valence-corrected chi connectivity index (χ1v) is 6.70. The van der Waals surface area contributed by atoms with E-state index in [9.17, 15) is 4.39 Å². The van der Waals surface area contributed by atoms with Gasteiger partial charge in [0.2, 0.25) is 5.89 Å². The van der Waals surface area contributed by atoms with Crippen LogP contribution in [0.1, 0.15) is 11.7 Å². The standard InChI is InChI=1S/C12H10ClFN4OS/c1-6-15-11(17-19-6)2-3-18-10-5-8(14)7(13)4-9(10)16-12(18)20/h4-5H,2-3H2,1H3,(H,16,20). The third-order valence-electron chi connectivity index (χ3n) is 2.94. The Bertz CT molecular complexity index is 838. The number of fused-ring (bicyclic) bond motifs is 1. The number of hydrogen-bond donors (Lipinski definition) is 1. The summed E-state index contributed by atoms with van der Waals surface area (Å²) >= 11 is 11.0. The molecule has 104 valence electrons. The largest absolute Gasteiger partial charge is 0.340 e. The van der Waals surface area contributed by atoms with E-state index in [1.54, 1.807) is 11.5 Å². The van der Waals surface area contributed by atoms with Crippen molar-refractivity contribution in [3.8, 4) is 0 Å². The second kappa shape index (κ2) is 4.99. The van der Waals surface area contributed by atoms with Gasteiger partial charge in [0, 0.05) is 26.0 Å². The Hall–Kier alpha value is -1.73. The van der Waals surface area contributed by atoms with Gasteiger partial charge >= 0.3 is 0 Å². The van der Waals surface area contributed by atoms with Crippen LogP contribution < -0.4 is 0 Å². The molecule has 0 fully saturated rings. The molecule has 0 aliphatic rings. The van der Waals surface area contributed by atoms with Crippen LogP contribution in [0.15, 0.2) is 16.7 Å². The van der Waals surface area contributed by atoms with E-state index in [0.29, 0.717) is 40.5 Å². The fourth-order valence-corrected chi connectivity index (χ4v) is 2.49. The first-order valence-electron chi connectivity index (χ1n) is 5.91. The van der Waals surface area contributed by atoms with Crippen molar-refractivity contribution in [3.05, 3.63) is 39.5 Å². The van der Waals surface area contributed by atoms with Gasteiger partial charge in [-0.2, -0.15) is 4.98 Å². The Labute approximate surface area is 123 Å². The number of nitrogens with zero attached hydrogens (tertiary/aromatic N) is 3. The first-order chi connectivity index (χ1) is 9.54. The summed E-state index contributed by atoms with van der Waals surface area (Å²) in [5.41, 5.74) is 1.36. The summed E-state index contributed by atoms with van der Waals surface area (Å²) in [6.45, 7) is 2.25. The SMILES string of the molecule is Cc1nc(CCn2c(=S)[nH]c3cc(Cl)c(F)cc32)no1. The summed E-state index contributed by atoms with van der Waals surface area (Å²) in [7, 11) is 0. The van der Waals surface area contributed by atoms with Crippen LogP contribution in [0.4, 0.5) is 4.39 Å². The third kappa shape index (κ3) is 2.34. The quantitative estimate of drug-likeness (QED) is 0.753. The highest BCUT2D eigenvalue weighted by molar-refractivity contribution is 7.71. The summed E-state index contributed by atoms with van der Waals surface area (Å²) in [5.74, 6) is 0.630. The van der Waals surface area contributed by atoms with E-state index in [0.717, 1.165) is 0 Å². The van der Waals surface area contributed by atoms with Gasteiger partial charge in [0.1, 0.15) is 5.82 Å². The molecule has 0 aliphatic heterocycles. The normalized spacial score (nSPS) is 11.3. The highest BCUT2D eigenvalue weighted by atomic mass is 35.5. The van der Waals surface area contributed by atoms with E-state index in [4.69, 9.17) is 28.3 Å². The van der Waals surface area contributed by atoms with Gasteiger partial charge in [0.05, 0.1) is 16.1 Å². The topological polar surface area (TPSA) is 59.6 Å². The lowest BCUT2D eigenvalue weighted by Crippen LogP contribution is -2.03. The molecule has 0 bridgehead atoms. The van der Waals surface area contributed by atoms with Crippen molar-refractivity contribution < 1.29 is 8.91 Å². The average molecular weight is 313 g/mol. The third-order valence-corrected chi connectivity index (χ3v) is 3.56. The second-order valence-electron chi connectivity index (χ2n) is 4.34. The molecule has 0 aliphatic carbocycles. The maximum absolute atomic E-state index is 13.6. The number of aryl methyl sites for hydroxylation is 3. The summed E-state index contributed by atoms with van der Waals surface area (Å²) in [4.78, 5) is 7.12. The molecular weight excluding hydrogens is 303 g/mol. The fraction of sp³-hybridized carbons (Fsp3) is 0.250. The zero-order valence-electron chi connectivity index (χ0n) is 10.5. The van der Waals surface area contributed by atoms with Crippen LogP contribution in [-0.4, -0.2) is 19.7 Å². The van der Waals surface area contributed by atoms with Gasteiger partial charge in [-0.25, -0.2) is 4.39 Å². The summed E-state index contributed by atoms with van der Waals surface area (Å²) in [6.07, 6.45) is 0.544. The first kappa shape index (κ1) is 13.3. The van der Waals surface area contributed by atoms with Crippen LogP contribution in [0, 0.1) is 17.5 Å². The monoisotopic (exact) mass is 312 g/mol. The number of nitrogens with one attached hydrogen (secondary N) is 1. The summed E-state index contributed by atoms with van der Waals surface area (Å²) in [6, 6.07) is 2.89. The predicted molar refractivity (Wildman–Crippen MR) is 74.8 cm³/mol. The molecule has 3 aromatic rings. The van der Waals surface area contributed by atoms with Crippen molar-refractivity contribution in [1.29, 1.82) is 0 Å². The predicted octanol–water partition coefficient (Wildman–Crippen LogP) is 3.43. The minimum atomic E-state index is -0.475. The Morgan fingerprint density at radius 2 is 2.30 bits per heavy atom. The van der Waals surface area contributed by atoms with Gasteiger partial charge in [0.25, 0.3) is 0 Å². The molecule has 2 aromatic heterocycles. The number of halogens is 2. The molecule has 8 heteroatoms. The van der Waals surface area contributed by atoms with Crippen molar-refractivity contribution in [2.75, 3.05) is 0 Å². The van der Waals surface area contributed by atoms with Gasteiger partial charge in [0.15, 0.2) is 10.6 Å². The highest BCUT2D eigenvalue weighted by Crippen LogP contribution is 2.22. The van der Waals surface area contributed by atoms with Crippen LogP contribution >= 0.6 is 23.8 Å². The van der Waals surface area contributed by atoms with Crippen LogP contribution in [0.3, 0.4) is 0 Å². The molecular formula is C12H10ClFN4OS. The van der Waals surface area contributed by atoms with Gasteiger partial charge in [-0.3, -0.25) is 0 Å². The maximum Gasteiger partial charge on any atom is 0.223 e. The number of hydrogen-bond acceptors (Lipinski definition) is 4. The van der Waals surface area contributed by atoms with Gasteiger partial charge in [-0.15, -0.1) is 0 Å². The molecule has 0 amide bonds. The fourth-order valence-electron chi connectivity index (χ4n) is 2.03. The maximum atomic E-state index is 13.6. The Morgan fingerprint density at radius 3 is 3.00 bits per heavy atom. The lowest BCUT2D eigenvalue weighted by molar-refractivity contribution is 0.386. The van der Waals surface area contributed by atoms with Crippen LogP contribution in [0.25, 0.3) is 11.0 Å². The zero-order valence-corrected chi connectivity index (χ0v) is 12.1. The summed E-state index contributed by atoms with van der Waals surface area (Å²) in [5, 5.41) is 3.88. The smallest absolute Gasteiger partial charge is 0.223 e. The minimum absolute atomic E-state index is 0.0645. The molecule has 5 nitrogen and oxygen atoms in total. The van der Waals surface area contributed by atoms with E-state index in [-0.39, 0.29) is 5.02 Å². The lowest BCUT2D eigenvalue weighted by Gasteiger charge is -2.02. The number of benzene rings is 1. The van der Waals surface area contributed by atoms with Crippen molar-refractivity contribution in [1.82, 2.24) is 19.7 Å². The molecule has 0 radical (unpaired) electrons. The van der Waals surface area contributed by atoms with Crippen LogP contribution in [-0.2, 0) is 13.0 Å². The van der Waals surface area contributed by atoms with Crippen LogP contribution in [0.5, 0.6) is 0 Å². The average Bonchev–Trinajstić information content (AvgIpc) is 2.92. The van der Waals surface area contributed by atoms with E-state index >= 15 is 0 Å². The van der Waals surface area contributed by atoms with Crippen molar-refractivity contribution >= 4 is 34.9 Å². The van der Waals surface area contributed by atoms with Crippen molar-refractivity contribution in [2.24, 2.45) is 0 Å². The lowest BCUT2D eigenvalue weighted by atomic mass is 10.3. The number of aromatic amines is 1. The molecule has 0 saturated carbocycles. The zero-order chi connectivity index (χ0) is 14.3. The number of rotatable bonds is 3. The number of H-pyrrole nitrogens is 1. The molecule has 2 heterocycles. The minimum Gasteiger partial charge on any atom is -0.340 e. The molecule has 3 rings (SSSR count). The molecule has 1 N–H and O–H groups in total. The number of imidazole rings is 1. The molecule has 0 atom stereocenters. The van der Waals surface area contributed by atoms with Crippen molar-refractivity contribution in [2.45, 2.75) is 19.9 Å².